The number of hydrogen-bond acceptors (Lipinski definition) is 7. The SMILES string of the molecule is Cc1nc(S(=O)(=O)N2CCOCC2c2noc(-c3ccccc3)n2)cn1C. The Bertz CT molecular complexity index is 1020. The molecule has 0 radical (unpaired) electrons. The van der Waals surface area contributed by atoms with Crippen LogP contribution in [0.25, 0.3) is 11.5 Å². The molecular formula is C17H19N5O4S. The largest absolute Gasteiger partial charge is 0.378 e. The van der Waals surface area contributed by atoms with Crippen LogP contribution in [0.15, 0.2) is 46.1 Å². The number of aryl methyl sites for hydroxylation is 2. The van der Waals surface area contributed by atoms with Crippen LogP contribution in [0.3, 0.4) is 0 Å². The molecular weight excluding hydrogens is 370 g/mol. The van der Waals surface area contributed by atoms with Crippen LogP contribution < -0.4 is 0 Å². The number of hydrogen-bond donors (Lipinski definition) is 0. The van der Waals surface area contributed by atoms with E-state index in [4.69, 9.17) is 9.26 Å². The summed E-state index contributed by atoms with van der Waals surface area (Å²) < 4.78 is 40.1. The number of imidazole rings is 1. The van der Waals surface area contributed by atoms with Gasteiger partial charge in [-0.3, -0.25) is 0 Å². The van der Waals surface area contributed by atoms with E-state index >= 15 is 0 Å². The van der Waals surface area contributed by atoms with Gasteiger partial charge in [0.15, 0.2) is 10.9 Å². The number of rotatable bonds is 4. The number of nitrogens with zero attached hydrogens (tertiary/aromatic N) is 5. The summed E-state index contributed by atoms with van der Waals surface area (Å²) in [7, 11) is -2.06. The lowest BCUT2D eigenvalue weighted by Gasteiger charge is -2.31. The van der Waals surface area contributed by atoms with Crippen molar-refractivity contribution in [3.05, 3.63) is 48.2 Å². The first-order chi connectivity index (χ1) is 13.0. The second-order valence-electron chi connectivity index (χ2n) is 6.27. The van der Waals surface area contributed by atoms with Gasteiger partial charge < -0.3 is 13.8 Å². The van der Waals surface area contributed by atoms with Crippen molar-refractivity contribution in [2.45, 2.75) is 18.0 Å². The zero-order valence-corrected chi connectivity index (χ0v) is 15.8. The standard InChI is InChI=1S/C17H19N5O4S/c1-12-18-15(10-21(12)2)27(23,24)22-8-9-25-11-14(22)16-19-17(26-20-16)13-6-4-3-5-7-13/h3-7,10,14H,8-9,11H2,1-2H3. The molecule has 1 unspecified atom stereocenters. The third-order valence-corrected chi connectivity index (χ3v) is 6.28. The van der Waals surface area contributed by atoms with Gasteiger partial charge in [0.05, 0.1) is 13.2 Å². The van der Waals surface area contributed by atoms with Gasteiger partial charge in [-0.05, 0) is 19.1 Å². The Morgan fingerprint density at radius 2 is 1.96 bits per heavy atom. The monoisotopic (exact) mass is 389 g/mol. The second-order valence-corrected chi connectivity index (χ2v) is 8.10. The Labute approximate surface area is 156 Å². The van der Waals surface area contributed by atoms with Crippen molar-refractivity contribution >= 4 is 10.0 Å². The molecule has 27 heavy (non-hydrogen) atoms. The van der Waals surface area contributed by atoms with Gasteiger partial charge in [-0.2, -0.15) is 9.29 Å². The predicted octanol–water partition coefficient (Wildman–Crippen LogP) is 1.54. The lowest BCUT2D eigenvalue weighted by atomic mass is 10.2. The molecule has 1 aliphatic rings. The van der Waals surface area contributed by atoms with Gasteiger partial charge in [0, 0.05) is 25.4 Å². The third kappa shape index (κ3) is 3.27. The van der Waals surface area contributed by atoms with Crippen molar-refractivity contribution in [1.29, 1.82) is 0 Å². The molecule has 9 nitrogen and oxygen atoms in total. The minimum absolute atomic E-state index is 0.00109. The maximum atomic E-state index is 13.1. The first-order valence-corrected chi connectivity index (χ1v) is 9.89. The minimum atomic E-state index is -3.82. The maximum absolute atomic E-state index is 13.1. The van der Waals surface area contributed by atoms with Crippen LogP contribution in [0, 0.1) is 6.92 Å². The van der Waals surface area contributed by atoms with Gasteiger partial charge in [-0.25, -0.2) is 13.4 Å². The van der Waals surface area contributed by atoms with E-state index in [0.717, 1.165) is 5.56 Å². The van der Waals surface area contributed by atoms with Crippen LogP contribution in [0.4, 0.5) is 0 Å². The average Bonchev–Trinajstić information content (AvgIpc) is 3.30. The molecule has 3 heterocycles. The molecule has 1 saturated heterocycles. The lowest BCUT2D eigenvalue weighted by molar-refractivity contribution is 0.0281. The van der Waals surface area contributed by atoms with Gasteiger partial charge in [0.25, 0.3) is 15.9 Å². The number of ether oxygens (including phenoxy) is 1. The minimum Gasteiger partial charge on any atom is -0.378 e. The molecule has 0 spiro atoms. The van der Waals surface area contributed by atoms with Crippen LogP contribution in [-0.2, 0) is 21.8 Å². The van der Waals surface area contributed by atoms with Crippen molar-refractivity contribution in [2.24, 2.45) is 7.05 Å². The van der Waals surface area contributed by atoms with Crippen LogP contribution >= 0.6 is 0 Å². The van der Waals surface area contributed by atoms with Crippen LogP contribution in [0.5, 0.6) is 0 Å². The fraction of sp³-hybridized carbons (Fsp3) is 0.353. The van der Waals surface area contributed by atoms with Crippen molar-refractivity contribution in [3.8, 4) is 11.5 Å². The molecule has 0 aliphatic carbocycles. The molecule has 1 atom stereocenters. The summed E-state index contributed by atoms with van der Waals surface area (Å²) in [6.07, 6.45) is 1.50. The molecule has 0 saturated carbocycles. The molecule has 1 fully saturated rings. The molecule has 0 N–H and O–H groups in total. The summed E-state index contributed by atoms with van der Waals surface area (Å²) in [5.41, 5.74) is 0.766. The molecule has 3 aromatic rings. The van der Waals surface area contributed by atoms with Crippen molar-refractivity contribution in [2.75, 3.05) is 19.8 Å². The highest BCUT2D eigenvalue weighted by Gasteiger charge is 2.39. The molecule has 1 aromatic carbocycles. The van der Waals surface area contributed by atoms with E-state index in [1.165, 1.54) is 10.5 Å². The van der Waals surface area contributed by atoms with E-state index in [9.17, 15) is 8.42 Å². The fourth-order valence-corrected chi connectivity index (χ4v) is 4.50. The van der Waals surface area contributed by atoms with E-state index in [2.05, 4.69) is 15.1 Å². The molecule has 0 bridgehead atoms. The van der Waals surface area contributed by atoms with Crippen LogP contribution in [0.2, 0.25) is 0 Å². The fourth-order valence-electron chi connectivity index (χ4n) is 2.92. The molecule has 1 aliphatic heterocycles. The van der Waals surface area contributed by atoms with E-state index in [1.807, 2.05) is 30.3 Å². The number of aromatic nitrogens is 4. The Kier molecular flexibility index (Phi) is 4.54. The van der Waals surface area contributed by atoms with Gasteiger partial charge in [-0.15, -0.1) is 0 Å². The Morgan fingerprint density at radius 3 is 2.67 bits per heavy atom. The topological polar surface area (TPSA) is 103 Å². The van der Waals surface area contributed by atoms with Crippen molar-refractivity contribution in [3.63, 3.8) is 0 Å². The molecule has 142 valence electrons. The average molecular weight is 389 g/mol. The molecule has 4 rings (SSSR count). The highest BCUT2D eigenvalue weighted by molar-refractivity contribution is 7.89. The smallest absolute Gasteiger partial charge is 0.262 e. The van der Waals surface area contributed by atoms with Gasteiger partial charge in [0.1, 0.15) is 11.9 Å². The molecule has 2 aromatic heterocycles. The van der Waals surface area contributed by atoms with E-state index < -0.39 is 16.1 Å². The number of morpholine rings is 1. The first-order valence-electron chi connectivity index (χ1n) is 8.45. The maximum Gasteiger partial charge on any atom is 0.262 e. The highest BCUT2D eigenvalue weighted by atomic mass is 32.2. The summed E-state index contributed by atoms with van der Waals surface area (Å²) in [5, 5.41) is 4.00. The summed E-state index contributed by atoms with van der Waals surface area (Å²) in [6.45, 7) is 2.39. The molecule has 10 heteroatoms. The normalized spacial score (nSPS) is 18.7. The van der Waals surface area contributed by atoms with E-state index in [0.29, 0.717) is 18.3 Å². The summed E-state index contributed by atoms with van der Waals surface area (Å²) in [4.78, 5) is 8.56. The Balaban J connectivity index is 1.68. The predicted molar refractivity (Wildman–Crippen MR) is 95.1 cm³/mol. The first kappa shape index (κ1) is 17.8. The number of sulfonamides is 1. The van der Waals surface area contributed by atoms with Gasteiger partial charge in [-0.1, -0.05) is 23.4 Å². The van der Waals surface area contributed by atoms with Crippen LogP contribution in [0.1, 0.15) is 17.7 Å². The second kappa shape index (κ2) is 6.87. The zero-order chi connectivity index (χ0) is 19.0. The van der Waals surface area contributed by atoms with Gasteiger partial charge in [0.2, 0.25) is 0 Å². The summed E-state index contributed by atoms with van der Waals surface area (Å²) in [5.74, 6) is 1.22. The lowest BCUT2D eigenvalue weighted by Crippen LogP contribution is -2.43. The quantitative estimate of drug-likeness (QED) is 0.667. The van der Waals surface area contributed by atoms with Crippen LogP contribution in [-0.4, -0.2) is 52.2 Å². The summed E-state index contributed by atoms with van der Waals surface area (Å²) in [6, 6.07) is 8.64. The highest BCUT2D eigenvalue weighted by Crippen LogP contribution is 2.29. The van der Waals surface area contributed by atoms with Gasteiger partial charge >= 0.3 is 0 Å². The number of benzene rings is 1. The Morgan fingerprint density at radius 1 is 1.19 bits per heavy atom. The molecule has 0 amide bonds. The third-order valence-electron chi connectivity index (χ3n) is 4.50. The Hall–Kier alpha value is -2.56. The zero-order valence-electron chi connectivity index (χ0n) is 14.9. The van der Waals surface area contributed by atoms with Crippen molar-refractivity contribution < 1.29 is 17.7 Å². The summed E-state index contributed by atoms with van der Waals surface area (Å²) >= 11 is 0. The van der Waals surface area contributed by atoms with E-state index in [1.54, 1.807) is 18.5 Å². The van der Waals surface area contributed by atoms with Crippen molar-refractivity contribution in [1.82, 2.24) is 24.0 Å². The van der Waals surface area contributed by atoms with E-state index in [-0.39, 0.29) is 24.0 Å².